The number of carbonyl (C=O) groups excluding carboxylic acids is 1. The molecular weight excluding hydrogens is 416 g/mol. The van der Waals surface area contributed by atoms with E-state index in [1.807, 2.05) is 11.0 Å². The number of aromatic nitrogens is 1. The van der Waals surface area contributed by atoms with Crippen LogP contribution >= 0.6 is 27.3 Å². The van der Waals surface area contributed by atoms with Gasteiger partial charge in [-0.05, 0) is 39.5 Å². The van der Waals surface area contributed by atoms with Crippen molar-refractivity contribution in [3.63, 3.8) is 0 Å². The van der Waals surface area contributed by atoms with Crippen LogP contribution in [0.5, 0.6) is 5.75 Å². The summed E-state index contributed by atoms with van der Waals surface area (Å²) in [6.45, 7) is 5.52. The quantitative estimate of drug-likeness (QED) is 0.327. The molecule has 2 atom stereocenters. The van der Waals surface area contributed by atoms with Crippen LogP contribution in [0.3, 0.4) is 0 Å². The van der Waals surface area contributed by atoms with Crippen molar-refractivity contribution in [1.29, 1.82) is 0 Å². The third-order valence-corrected chi connectivity index (χ3v) is 6.02. The summed E-state index contributed by atoms with van der Waals surface area (Å²) >= 11 is 5.04. The lowest BCUT2D eigenvalue weighted by Crippen LogP contribution is -2.04. The molecule has 2 heterocycles. The van der Waals surface area contributed by atoms with Crippen molar-refractivity contribution >= 4 is 33.7 Å². The van der Waals surface area contributed by atoms with Gasteiger partial charge in [-0.1, -0.05) is 19.9 Å². The third kappa shape index (κ3) is 4.10. The first-order valence-electron chi connectivity index (χ1n) is 8.67. The van der Waals surface area contributed by atoms with E-state index in [0.717, 1.165) is 38.5 Å². The molecule has 1 aliphatic heterocycles. The molecule has 1 fully saturated rings. The molecule has 7 heteroatoms. The zero-order valence-corrected chi connectivity index (χ0v) is 17.5. The molecule has 1 saturated heterocycles. The molecule has 0 bridgehead atoms. The molecule has 0 N–H and O–H groups in total. The minimum absolute atomic E-state index is 0.130. The number of carbonyl (C=O) groups is 1. The maximum atomic E-state index is 11.4. The number of benzene rings is 1. The van der Waals surface area contributed by atoms with E-state index >= 15 is 0 Å². The van der Waals surface area contributed by atoms with Gasteiger partial charge in [0, 0.05) is 20.1 Å². The Hall–Kier alpha value is -1.44. The molecule has 1 aromatic heterocycles. The minimum atomic E-state index is 0.130. The van der Waals surface area contributed by atoms with Crippen LogP contribution in [0.15, 0.2) is 28.2 Å². The van der Waals surface area contributed by atoms with Crippen LogP contribution in [0.2, 0.25) is 0 Å². The van der Waals surface area contributed by atoms with Gasteiger partial charge in [-0.3, -0.25) is 4.79 Å². The first-order valence-corrected chi connectivity index (χ1v) is 10.3. The highest BCUT2D eigenvalue weighted by atomic mass is 79.9. The third-order valence-electron chi connectivity index (χ3n) is 4.51. The molecule has 140 valence electrons. The number of thiazole rings is 1. The molecule has 1 aromatic carbocycles. The van der Waals surface area contributed by atoms with Crippen molar-refractivity contribution < 1.29 is 14.3 Å². The van der Waals surface area contributed by atoms with Crippen LogP contribution < -0.4 is 4.74 Å². The minimum Gasteiger partial charge on any atom is -0.493 e. The molecule has 1 aliphatic rings. The fourth-order valence-electron chi connectivity index (χ4n) is 3.26. The largest absolute Gasteiger partial charge is 0.493 e. The van der Waals surface area contributed by atoms with Gasteiger partial charge in [-0.25, -0.2) is 4.98 Å². The van der Waals surface area contributed by atoms with E-state index in [9.17, 15) is 4.79 Å². The number of amides is 1. The average Bonchev–Trinajstić information content (AvgIpc) is 3.23. The molecule has 0 aliphatic carbocycles. The van der Waals surface area contributed by atoms with E-state index < -0.39 is 0 Å². The Kier molecular flexibility index (Phi) is 6.32. The zero-order chi connectivity index (χ0) is 18.7. The van der Waals surface area contributed by atoms with Gasteiger partial charge < -0.3 is 14.4 Å². The summed E-state index contributed by atoms with van der Waals surface area (Å²) in [5.74, 6) is 1.23. The monoisotopic (exact) mass is 438 g/mol. The van der Waals surface area contributed by atoms with Crippen LogP contribution in [0.4, 0.5) is 0 Å². The Morgan fingerprint density at radius 2 is 2.19 bits per heavy atom. The lowest BCUT2D eigenvalue weighted by molar-refractivity contribution is -0.114. The number of halogens is 1. The van der Waals surface area contributed by atoms with E-state index in [-0.39, 0.29) is 12.1 Å². The molecular formula is C19H23BrN2O3S. The molecule has 0 spiro atoms. The topological polar surface area (TPSA) is 51.4 Å². The highest BCUT2D eigenvalue weighted by Crippen LogP contribution is 2.47. The maximum absolute atomic E-state index is 11.4. The second-order valence-corrected chi connectivity index (χ2v) is 9.06. The van der Waals surface area contributed by atoms with Crippen LogP contribution in [-0.2, 0) is 9.53 Å². The fraction of sp³-hybridized carbons (Fsp3) is 0.474. The number of rotatable bonds is 9. The summed E-state index contributed by atoms with van der Waals surface area (Å²) in [5, 5.41) is 0.911. The van der Waals surface area contributed by atoms with Gasteiger partial charge in [0.05, 0.1) is 34.2 Å². The summed E-state index contributed by atoms with van der Waals surface area (Å²) in [4.78, 5) is 17.7. The Labute approximate surface area is 166 Å². The predicted octanol–water partition coefficient (Wildman–Crippen LogP) is 4.53. The molecule has 2 unspecified atom stereocenters. The second kappa shape index (κ2) is 8.50. The summed E-state index contributed by atoms with van der Waals surface area (Å²) in [6.07, 6.45) is 3.56. The number of hydrogen-bond acceptors (Lipinski definition) is 5. The Morgan fingerprint density at radius 1 is 1.38 bits per heavy atom. The molecule has 5 nitrogen and oxygen atoms in total. The summed E-state index contributed by atoms with van der Waals surface area (Å²) in [7, 11) is 1.69. The van der Waals surface area contributed by atoms with E-state index in [0.29, 0.717) is 19.1 Å². The first kappa shape index (κ1) is 19.3. The average molecular weight is 439 g/mol. The van der Waals surface area contributed by atoms with Gasteiger partial charge in [0.1, 0.15) is 10.8 Å². The van der Waals surface area contributed by atoms with Crippen molar-refractivity contribution in [2.45, 2.75) is 32.4 Å². The smallest absolute Gasteiger partial charge is 0.210 e. The Balaban J connectivity index is 1.87. The van der Waals surface area contributed by atoms with Crippen molar-refractivity contribution in [1.82, 2.24) is 9.88 Å². The summed E-state index contributed by atoms with van der Waals surface area (Å²) in [6, 6.07) is 6.57. The van der Waals surface area contributed by atoms with Crippen molar-refractivity contribution in [2.75, 3.05) is 20.3 Å². The van der Waals surface area contributed by atoms with Crippen LogP contribution in [0.25, 0.3) is 10.6 Å². The molecule has 0 radical (unpaired) electrons. The SMILES string of the molecule is COCCCOc1cc(C2C(C(C)C)N2C=O)ccc1-c1ncc(Br)s1. The van der Waals surface area contributed by atoms with Gasteiger partial charge in [0.25, 0.3) is 0 Å². The predicted molar refractivity (Wildman–Crippen MR) is 107 cm³/mol. The zero-order valence-electron chi connectivity index (χ0n) is 15.1. The fourth-order valence-corrected chi connectivity index (χ4v) is 4.50. The van der Waals surface area contributed by atoms with Crippen LogP contribution in [-0.4, -0.2) is 42.7 Å². The Morgan fingerprint density at radius 3 is 2.77 bits per heavy atom. The highest BCUT2D eigenvalue weighted by molar-refractivity contribution is 9.11. The molecule has 1 amide bonds. The molecule has 2 aromatic rings. The first-order chi connectivity index (χ1) is 12.6. The van der Waals surface area contributed by atoms with Crippen LogP contribution in [0.1, 0.15) is 31.9 Å². The highest BCUT2D eigenvalue weighted by Gasteiger charge is 2.49. The van der Waals surface area contributed by atoms with Gasteiger partial charge in [-0.15, -0.1) is 11.3 Å². The van der Waals surface area contributed by atoms with Gasteiger partial charge in [0.15, 0.2) is 0 Å². The maximum Gasteiger partial charge on any atom is 0.210 e. The Bertz CT molecular complexity index is 765. The molecule has 0 saturated carbocycles. The van der Waals surface area contributed by atoms with Crippen LogP contribution in [0, 0.1) is 5.92 Å². The van der Waals surface area contributed by atoms with Gasteiger partial charge in [0.2, 0.25) is 6.41 Å². The van der Waals surface area contributed by atoms with Crippen molar-refractivity contribution in [2.24, 2.45) is 5.92 Å². The van der Waals surface area contributed by atoms with E-state index in [2.05, 4.69) is 46.9 Å². The number of nitrogens with zero attached hydrogens (tertiary/aromatic N) is 2. The van der Waals surface area contributed by atoms with Gasteiger partial charge >= 0.3 is 0 Å². The number of hydrogen-bond donors (Lipinski definition) is 0. The summed E-state index contributed by atoms with van der Waals surface area (Å²) in [5.41, 5.74) is 2.08. The molecule has 3 rings (SSSR count). The van der Waals surface area contributed by atoms with Crippen molar-refractivity contribution in [3.8, 4) is 16.3 Å². The second-order valence-electron chi connectivity index (χ2n) is 6.65. The van der Waals surface area contributed by atoms with Gasteiger partial charge in [-0.2, -0.15) is 0 Å². The number of methoxy groups -OCH3 is 1. The van der Waals surface area contributed by atoms with E-state index in [1.54, 1.807) is 24.6 Å². The standard InChI is InChI=1S/C19H23BrN2O3S/c1-12(2)17-18(22(17)11-23)13-5-6-14(19-21-10-16(20)26-19)15(9-13)25-8-4-7-24-3/h5-6,9-12,17-18H,4,7-8H2,1-3H3. The van der Waals surface area contributed by atoms with E-state index in [1.165, 1.54) is 0 Å². The van der Waals surface area contributed by atoms with Crippen molar-refractivity contribution in [3.05, 3.63) is 33.7 Å². The number of ether oxygens (including phenoxy) is 2. The van der Waals surface area contributed by atoms with E-state index in [4.69, 9.17) is 9.47 Å². The normalized spacial score (nSPS) is 19.0. The lowest BCUT2D eigenvalue weighted by atomic mass is 10.0. The summed E-state index contributed by atoms with van der Waals surface area (Å²) < 4.78 is 12.1. The molecule has 26 heavy (non-hydrogen) atoms. The lowest BCUT2D eigenvalue weighted by Gasteiger charge is -2.12.